The van der Waals surface area contributed by atoms with E-state index >= 15 is 0 Å². The Balaban J connectivity index is 1.98. The summed E-state index contributed by atoms with van der Waals surface area (Å²) in [5.41, 5.74) is -0.493. The summed E-state index contributed by atoms with van der Waals surface area (Å²) >= 11 is 1.14. The number of nitrogens with zero attached hydrogens (tertiary/aromatic N) is 3. The van der Waals surface area contributed by atoms with Crippen LogP contribution in [-0.2, 0) is 17.8 Å². The zero-order valence-corrected chi connectivity index (χ0v) is 15.1. The second-order valence-corrected chi connectivity index (χ2v) is 7.33. The third-order valence-corrected chi connectivity index (χ3v) is 5.62. The molecule has 0 aliphatic carbocycles. The lowest BCUT2D eigenvalue weighted by Crippen LogP contribution is -2.42. The van der Waals surface area contributed by atoms with Crippen molar-refractivity contribution in [3.8, 4) is 0 Å². The van der Waals surface area contributed by atoms with E-state index in [1.807, 2.05) is 6.92 Å². The SMILES string of the molecule is CCc1nc2scc(C(=O)O)c2c(=O)n1CC(=O)N1CCC(C)CC1. The molecule has 1 fully saturated rings. The van der Waals surface area contributed by atoms with Crippen LogP contribution in [-0.4, -0.2) is 44.5 Å². The number of carboxylic acids is 1. The van der Waals surface area contributed by atoms with Gasteiger partial charge in [0, 0.05) is 24.9 Å². The Hall–Kier alpha value is -2.22. The lowest BCUT2D eigenvalue weighted by Gasteiger charge is -2.30. The maximum absolute atomic E-state index is 12.9. The standard InChI is InChI=1S/C17H21N3O4S/c1-3-12-18-15-14(11(9-25-15)17(23)24)16(22)20(12)8-13(21)19-6-4-10(2)5-7-19/h9-10H,3-8H2,1-2H3,(H,23,24). The van der Waals surface area contributed by atoms with Crippen molar-refractivity contribution in [2.24, 2.45) is 5.92 Å². The number of carbonyl (C=O) groups is 2. The van der Waals surface area contributed by atoms with Crippen molar-refractivity contribution in [3.63, 3.8) is 0 Å². The number of piperidine rings is 1. The number of aromatic nitrogens is 2. The predicted octanol–water partition coefficient (Wildman–Crippen LogP) is 1.98. The number of thiophene rings is 1. The van der Waals surface area contributed by atoms with Gasteiger partial charge in [0.25, 0.3) is 5.56 Å². The van der Waals surface area contributed by atoms with E-state index in [1.54, 1.807) is 4.90 Å². The highest BCUT2D eigenvalue weighted by atomic mass is 32.1. The Bertz CT molecular complexity index is 878. The molecule has 1 amide bonds. The predicted molar refractivity (Wildman–Crippen MR) is 95.2 cm³/mol. The summed E-state index contributed by atoms with van der Waals surface area (Å²) in [5, 5.41) is 10.8. The molecule has 0 bridgehead atoms. The van der Waals surface area contributed by atoms with Gasteiger partial charge in [-0.3, -0.25) is 14.2 Å². The topological polar surface area (TPSA) is 92.5 Å². The molecule has 1 saturated heterocycles. The number of hydrogen-bond acceptors (Lipinski definition) is 5. The number of aryl methyl sites for hydroxylation is 1. The summed E-state index contributed by atoms with van der Waals surface area (Å²) < 4.78 is 1.34. The summed E-state index contributed by atoms with van der Waals surface area (Å²) in [6, 6.07) is 0. The van der Waals surface area contributed by atoms with Gasteiger partial charge in [0.1, 0.15) is 17.2 Å². The second-order valence-electron chi connectivity index (χ2n) is 6.47. The van der Waals surface area contributed by atoms with E-state index in [9.17, 15) is 19.5 Å². The number of carboxylic acid groups (broad SMARTS) is 1. The number of hydrogen-bond donors (Lipinski definition) is 1. The van der Waals surface area contributed by atoms with Crippen LogP contribution in [0, 0.1) is 5.92 Å². The zero-order chi connectivity index (χ0) is 18.1. The Labute approximate surface area is 148 Å². The molecule has 0 aromatic carbocycles. The van der Waals surface area contributed by atoms with Crippen LogP contribution in [0.15, 0.2) is 10.2 Å². The van der Waals surface area contributed by atoms with Gasteiger partial charge in [-0.1, -0.05) is 13.8 Å². The van der Waals surface area contributed by atoms with Crippen molar-refractivity contribution in [2.75, 3.05) is 13.1 Å². The first kappa shape index (κ1) is 17.6. The molecule has 25 heavy (non-hydrogen) atoms. The third-order valence-electron chi connectivity index (χ3n) is 4.75. The maximum Gasteiger partial charge on any atom is 0.337 e. The smallest absolute Gasteiger partial charge is 0.337 e. The molecule has 2 aromatic rings. The van der Waals surface area contributed by atoms with Crippen LogP contribution in [0.25, 0.3) is 10.2 Å². The van der Waals surface area contributed by atoms with Crippen LogP contribution in [0.5, 0.6) is 0 Å². The van der Waals surface area contributed by atoms with E-state index in [4.69, 9.17) is 0 Å². The minimum absolute atomic E-state index is 0.0480. The molecule has 8 heteroatoms. The fourth-order valence-electron chi connectivity index (χ4n) is 3.15. The largest absolute Gasteiger partial charge is 0.478 e. The Morgan fingerprint density at radius 1 is 1.36 bits per heavy atom. The van der Waals surface area contributed by atoms with E-state index in [0.29, 0.717) is 36.1 Å². The highest BCUT2D eigenvalue weighted by molar-refractivity contribution is 7.17. The monoisotopic (exact) mass is 363 g/mol. The summed E-state index contributed by atoms with van der Waals surface area (Å²) in [7, 11) is 0. The van der Waals surface area contributed by atoms with E-state index in [2.05, 4.69) is 11.9 Å². The van der Waals surface area contributed by atoms with Gasteiger partial charge in [-0.25, -0.2) is 9.78 Å². The van der Waals surface area contributed by atoms with Crippen molar-refractivity contribution in [1.82, 2.24) is 14.5 Å². The van der Waals surface area contributed by atoms with Crippen LogP contribution >= 0.6 is 11.3 Å². The van der Waals surface area contributed by atoms with E-state index in [0.717, 1.165) is 24.2 Å². The maximum atomic E-state index is 12.9. The fourth-order valence-corrected chi connectivity index (χ4v) is 4.07. The Morgan fingerprint density at radius 3 is 2.64 bits per heavy atom. The molecule has 0 saturated carbocycles. The van der Waals surface area contributed by atoms with Crippen molar-refractivity contribution in [2.45, 2.75) is 39.7 Å². The normalized spacial score (nSPS) is 15.7. The van der Waals surface area contributed by atoms with Crippen LogP contribution in [0.3, 0.4) is 0 Å². The lowest BCUT2D eigenvalue weighted by molar-refractivity contribution is -0.133. The molecule has 3 heterocycles. The third kappa shape index (κ3) is 3.30. The highest BCUT2D eigenvalue weighted by Gasteiger charge is 2.24. The molecule has 0 radical (unpaired) electrons. The molecule has 1 N–H and O–H groups in total. The van der Waals surface area contributed by atoms with E-state index in [-0.39, 0.29) is 23.4 Å². The summed E-state index contributed by atoms with van der Waals surface area (Å²) in [6.07, 6.45) is 2.42. The van der Waals surface area contributed by atoms with Gasteiger partial charge >= 0.3 is 5.97 Å². The van der Waals surface area contributed by atoms with Crippen LogP contribution in [0.4, 0.5) is 0 Å². The number of carbonyl (C=O) groups excluding carboxylic acids is 1. The van der Waals surface area contributed by atoms with Gasteiger partial charge in [-0.15, -0.1) is 11.3 Å². The first-order valence-corrected chi connectivity index (χ1v) is 9.32. The molecular weight excluding hydrogens is 342 g/mol. The van der Waals surface area contributed by atoms with Gasteiger partial charge in [0.2, 0.25) is 5.91 Å². The number of likely N-dealkylation sites (tertiary alicyclic amines) is 1. The molecule has 134 valence electrons. The molecule has 2 aromatic heterocycles. The van der Waals surface area contributed by atoms with Gasteiger partial charge < -0.3 is 10.0 Å². The molecule has 3 rings (SSSR count). The van der Waals surface area contributed by atoms with Gasteiger partial charge in [-0.2, -0.15) is 0 Å². The zero-order valence-electron chi connectivity index (χ0n) is 14.3. The van der Waals surface area contributed by atoms with Gasteiger partial charge in [-0.05, 0) is 18.8 Å². The number of amides is 1. The van der Waals surface area contributed by atoms with Crippen LogP contribution in [0.1, 0.15) is 42.9 Å². The van der Waals surface area contributed by atoms with Crippen molar-refractivity contribution in [3.05, 3.63) is 27.1 Å². The number of rotatable bonds is 4. The molecule has 0 spiro atoms. The summed E-state index contributed by atoms with van der Waals surface area (Å²) in [6.45, 7) is 5.34. The second kappa shape index (κ2) is 6.95. The molecule has 1 aliphatic heterocycles. The quantitative estimate of drug-likeness (QED) is 0.897. The van der Waals surface area contributed by atoms with Crippen LogP contribution < -0.4 is 5.56 Å². The average Bonchev–Trinajstić information content (AvgIpc) is 3.02. The fraction of sp³-hybridized carbons (Fsp3) is 0.529. The summed E-state index contributed by atoms with van der Waals surface area (Å²) in [4.78, 5) is 43.4. The molecule has 0 unspecified atom stereocenters. The van der Waals surface area contributed by atoms with Crippen LogP contribution in [0.2, 0.25) is 0 Å². The number of aromatic carboxylic acids is 1. The van der Waals surface area contributed by atoms with Crippen molar-refractivity contribution < 1.29 is 14.7 Å². The van der Waals surface area contributed by atoms with Crippen molar-refractivity contribution in [1.29, 1.82) is 0 Å². The minimum atomic E-state index is -1.16. The lowest BCUT2D eigenvalue weighted by atomic mass is 9.99. The first-order chi connectivity index (χ1) is 11.9. The minimum Gasteiger partial charge on any atom is -0.478 e. The van der Waals surface area contributed by atoms with Gasteiger partial charge in [0.05, 0.1) is 10.9 Å². The molecule has 7 nitrogen and oxygen atoms in total. The Morgan fingerprint density at radius 2 is 2.04 bits per heavy atom. The Kier molecular flexibility index (Phi) is 4.89. The van der Waals surface area contributed by atoms with E-state index in [1.165, 1.54) is 9.95 Å². The summed E-state index contributed by atoms with van der Waals surface area (Å²) in [5.74, 6) is -0.149. The average molecular weight is 363 g/mol. The molecule has 1 aliphatic rings. The highest BCUT2D eigenvalue weighted by Crippen LogP contribution is 2.22. The van der Waals surface area contributed by atoms with Gasteiger partial charge in [0.15, 0.2) is 0 Å². The molecular formula is C17H21N3O4S. The van der Waals surface area contributed by atoms with Crippen molar-refractivity contribution >= 4 is 33.4 Å². The van der Waals surface area contributed by atoms with E-state index < -0.39 is 11.5 Å². The number of fused-ring (bicyclic) bond motifs is 1. The first-order valence-electron chi connectivity index (χ1n) is 8.44. The molecule has 0 atom stereocenters.